The summed E-state index contributed by atoms with van der Waals surface area (Å²) in [6.07, 6.45) is 4.80. The predicted molar refractivity (Wildman–Crippen MR) is 81.9 cm³/mol. The van der Waals surface area contributed by atoms with Crippen LogP contribution in [0.2, 0.25) is 0 Å². The Morgan fingerprint density at radius 3 is 1.95 bits per heavy atom. The molecule has 0 saturated carbocycles. The minimum Gasteiger partial charge on any atom is -0.204 e. The Kier molecular flexibility index (Phi) is 5.47. The highest BCUT2D eigenvalue weighted by Crippen LogP contribution is 2.12. The van der Waals surface area contributed by atoms with Crippen molar-refractivity contribution in [1.82, 2.24) is 0 Å². The molecule has 0 bridgehead atoms. The molecule has 2 rings (SSSR count). The van der Waals surface area contributed by atoms with Crippen molar-refractivity contribution in [3.8, 4) is 0 Å². The molecule has 0 amide bonds. The first-order valence-corrected chi connectivity index (χ1v) is 6.90. The fourth-order valence-electron chi connectivity index (χ4n) is 1.91. The second-order valence-corrected chi connectivity index (χ2v) is 4.78. The molecule has 0 fully saturated rings. The number of hydrogen-bond acceptors (Lipinski definition) is 2. The lowest BCUT2D eigenvalue weighted by molar-refractivity contribution is 0.447. The van der Waals surface area contributed by atoms with Crippen LogP contribution in [0.1, 0.15) is 30.0 Å². The van der Waals surface area contributed by atoms with Crippen LogP contribution in [0, 0.1) is 17.5 Å². The maximum Gasteiger partial charge on any atom is 0.194 e. The third kappa shape index (κ3) is 4.28. The van der Waals surface area contributed by atoms with E-state index in [1.807, 2.05) is 24.3 Å². The summed E-state index contributed by atoms with van der Waals surface area (Å²) >= 11 is 0. The number of halogens is 3. The maximum absolute atomic E-state index is 13.0. The number of benzene rings is 2. The van der Waals surface area contributed by atoms with Gasteiger partial charge in [0.05, 0.1) is 12.4 Å². The highest BCUT2D eigenvalue weighted by atomic mass is 19.2. The van der Waals surface area contributed by atoms with Crippen molar-refractivity contribution in [3.63, 3.8) is 0 Å². The fourth-order valence-corrected chi connectivity index (χ4v) is 1.91. The van der Waals surface area contributed by atoms with E-state index in [1.54, 1.807) is 0 Å². The maximum atomic E-state index is 13.0. The lowest BCUT2D eigenvalue weighted by Crippen LogP contribution is -1.93. The number of rotatable bonds is 5. The van der Waals surface area contributed by atoms with Gasteiger partial charge < -0.3 is 0 Å². The quantitative estimate of drug-likeness (QED) is 0.441. The highest BCUT2D eigenvalue weighted by molar-refractivity contribution is 5.82. The first-order valence-electron chi connectivity index (χ1n) is 6.90. The third-order valence-corrected chi connectivity index (χ3v) is 3.00. The Bertz CT molecular complexity index is 669. The summed E-state index contributed by atoms with van der Waals surface area (Å²) in [4.78, 5) is 0. The van der Waals surface area contributed by atoms with Gasteiger partial charge in [0.25, 0.3) is 0 Å². The summed E-state index contributed by atoms with van der Waals surface area (Å²) in [5, 5.41) is 7.50. The Hall–Kier alpha value is -2.43. The van der Waals surface area contributed by atoms with E-state index in [0.717, 1.165) is 36.8 Å². The van der Waals surface area contributed by atoms with Gasteiger partial charge in [0.2, 0.25) is 0 Å². The molecule has 0 atom stereocenters. The van der Waals surface area contributed by atoms with Gasteiger partial charge in [0, 0.05) is 5.56 Å². The average Bonchev–Trinajstić information content (AvgIpc) is 2.51. The minimum absolute atomic E-state index is 0.104. The van der Waals surface area contributed by atoms with Crippen LogP contribution in [0.3, 0.4) is 0 Å². The van der Waals surface area contributed by atoms with E-state index in [2.05, 4.69) is 17.1 Å². The Balaban J connectivity index is 2.02. The number of aryl methyl sites for hydroxylation is 1. The Morgan fingerprint density at radius 2 is 1.41 bits per heavy atom. The van der Waals surface area contributed by atoms with Crippen LogP contribution in [-0.4, -0.2) is 12.4 Å². The van der Waals surface area contributed by atoms with Crippen LogP contribution < -0.4 is 0 Å². The van der Waals surface area contributed by atoms with Gasteiger partial charge in [0.15, 0.2) is 17.5 Å². The van der Waals surface area contributed by atoms with Gasteiger partial charge in [-0.3, -0.25) is 0 Å². The van der Waals surface area contributed by atoms with E-state index >= 15 is 0 Å². The van der Waals surface area contributed by atoms with E-state index in [1.165, 1.54) is 11.8 Å². The minimum atomic E-state index is -1.49. The fraction of sp³-hybridized carbons (Fsp3) is 0.176. The summed E-state index contributed by atoms with van der Waals surface area (Å²) in [6.45, 7) is 2.12. The zero-order chi connectivity index (χ0) is 15.9. The molecule has 0 radical (unpaired) electrons. The first kappa shape index (κ1) is 15.9. The summed E-state index contributed by atoms with van der Waals surface area (Å²) < 4.78 is 38.8. The van der Waals surface area contributed by atoms with Crippen LogP contribution in [-0.2, 0) is 6.42 Å². The topological polar surface area (TPSA) is 24.7 Å². The van der Waals surface area contributed by atoms with Crippen molar-refractivity contribution in [3.05, 3.63) is 70.5 Å². The number of nitrogens with zero attached hydrogens (tertiary/aromatic N) is 2. The predicted octanol–water partition coefficient (Wildman–Crippen LogP) is 4.51. The first-order chi connectivity index (χ1) is 10.6. The Labute approximate surface area is 127 Å². The van der Waals surface area contributed by atoms with Crippen LogP contribution in [0.4, 0.5) is 13.2 Å². The van der Waals surface area contributed by atoms with Gasteiger partial charge in [-0.05, 0) is 29.7 Å². The molecule has 0 aliphatic heterocycles. The molecule has 2 aromatic rings. The van der Waals surface area contributed by atoms with Crippen LogP contribution in [0.15, 0.2) is 46.6 Å². The summed E-state index contributed by atoms with van der Waals surface area (Å²) in [5.74, 6) is -4.00. The van der Waals surface area contributed by atoms with Crippen molar-refractivity contribution in [2.24, 2.45) is 10.2 Å². The van der Waals surface area contributed by atoms with Crippen molar-refractivity contribution < 1.29 is 13.2 Å². The second-order valence-electron chi connectivity index (χ2n) is 4.78. The second kappa shape index (κ2) is 7.54. The van der Waals surface area contributed by atoms with E-state index in [9.17, 15) is 13.2 Å². The summed E-state index contributed by atoms with van der Waals surface area (Å²) in [5.41, 5.74) is 2.22. The Morgan fingerprint density at radius 1 is 0.864 bits per heavy atom. The molecule has 0 aliphatic carbocycles. The zero-order valence-corrected chi connectivity index (χ0v) is 12.1. The van der Waals surface area contributed by atoms with E-state index in [0.29, 0.717) is 0 Å². The lowest BCUT2D eigenvalue weighted by Gasteiger charge is -1.98. The molecular weight excluding hydrogens is 289 g/mol. The van der Waals surface area contributed by atoms with Crippen molar-refractivity contribution >= 4 is 12.4 Å². The SMILES string of the molecule is CCCc1ccc(/C=N/N=C/c2cc(F)c(F)c(F)c2)cc1. The molecule has 0 aliphatic rings. The van der Waals surface area contributed by atoms with E-state index < -0.39 is 17.5 Å². The largest absolute Gasteiger partial charge is 0.204 e. The summed E-state index contributed by atoms with van der Waals surface area (Å²) in [6, 6.07) is 9.58. The van der Waals surface area contributed by atoms with Gasteiger partial charge in [-0.15, -0.1) is 0 Å². The molecule has 2 aromatic carbocycles. The molecule has 114 valence electrons. The van der Waals surface area contributed by atoms with E-state index in [-0.39, 0.29) is 5.56 Å². The molecular formula is C17H15F3N2. The van der Waals surface area contributed by atoms with Crippen LogP contribution in [0.5, 0.6) is 0 Å². The van der Waals surface area contributed by atoms with Gasteiger partial charge in [-0.2, -0.15) is 10.2 Å². The molecule has 2 nitrogen and oxygen atoms in total. The zero-order valence-electron chi connectivity index (χ0n) is 12.1. The van der Waals surface area contributed by atoms with Crippen molar-refractivity contribution in [2.45, 2.75) is 19.8 Å². The van der Waals surface area contributed by atoms with Gasteiger partial charge >= 0.3 is 0 Å². The van der Waals surface area contributed by atoms with Crippen molar-refractivity contribution in [2.75, 3.05) is 0 Å². The smallest absolute Gasteiger partial charge is 0.194 e. The monoisotopic (exact) mass is 304 g/mol. The standard InChI is InChI=1S/C17H15F3N2/c1-2-3-12-4-6-13(7-5-12)10-21-22-11-14-8-15(18)17(20)16(19)9-14/h4-11H,2-3H2,1H3/b21-10+,22-11+. The normalized spacial score (nSPS) is 11.6. The molecule has 5 heteroatoms. The van der Waals surface area contributed by atoms with E-state index in [4.69, 9.17) is 0 Å². The molecule has 0 heterocycles. The third-order valence-electron chi connectivity index (χ3n) is 3.00. The molecule has 0 saturated heterocycles. The molecule has 22 heavy (non-hydrogen) atoms. The molecule has 0 aromatic heterocycles. The van der Waals surface area contributed by atoms with Crippen LogP contribution >= 0.6 is 0 Å². The average molecular weight is 304 g/mol. The van der Waals surface area contributed by atoms with Gasteiger partial charge in [-0.1, -0.05) is 37.6 Å². The highest BCUT2D eigenvalue weighted by Gasteiger charge is 2.09. The van der Waals surface area contributed by atoms with Crippen LogP contribution in [0.25, 0.3) is 0 Å². The number of hydrogen-bond donors (Lipinski definition) is 0. The molecule has 0 unspecified atom stereocenters. The van der Waals surface area contributed by atoms with Gasteiger partial charge in [0.1, 0.15) is 0 Å². The molecule has 0 spiro atoms. The summed E-state index contributed by atoms with van der Waals surface area (Å²) in [7, 11) is 0. The van der Waals surface area contributed by atoms with Gasteiger partial charge in [-0.25, -0.2) is 13.2 Å². The molecule has 0 N–H and O–H groups in total. The lowest BCUT2D eigenvalue weighted by atomic mass is 10.1. The van der Waals surface area contributed by atoms with Crippen molar-refractivity contribution in [1.29, 1.82) is 0 Å².